The van der Waals surface area contributed by atoms with E-state index in [0.29, 0.717) is 11.1 Å². The summed E-state index contributed by atoms with van der Waals surface area (Å²) in [6, 6.07) is 9.15. The molecule has 0 spiro atoms. The first-order chi connectivity index (χ1) is 21.0. The molecule has 0 aliphatic heterocycles. The Kier molecular flexibility index (Phi) is 9.65. The van der Waals surface area contributed by atoms with E-state index in [1.165, 1.54) is 26.8 Å². The second kappa shape index (κ2) is 12.9. The summed E-state index contributed by atoms with van der Waals surface area (Å²) in [5.41, 5.74) is -0.717. The number of fused-ring (bicyclic) bond motifs is 4. The van der Waals surface area contributed by atoms with E-state index < -0.39 is 76.6 Å². The maximum absolute atomic E-state index is 14.3. The number of benzene rings is 1. The van der Waals surface area contributed by atoms with E-state index in [4.69, 9.17) is 18.9 Å². The molecule has 1 unspecified atom stereocenters. The Morgan fingerprint density at radius 1 is 0.822 bits per heavy atom. The summed E-state index contributed by atoms with van der Waals surface area (Å²) < 4.78 is 23.0. The third kappa shape index (κ3) is 7.00. The average Bonchev–Trinajstić information content (AvgIpc) is 2.94. The Balaban J connectivity index is 1.88. The van der Waals surface area contributed by atoms with Gasteiger partial charge >= 0.3 is 23.9 Å². The highest BCUT2D eigenvalue weighted by atomic mass is 16.6. The van der Waals surface area contributed by atoms with Gasteiger partial charge in [-0.05, 0) is 55.6 Å². The van der Waals surface area contributed by atoms with E-state index in [-0.39, 0.29) is 24.8 Å². The second-order valence-corrected chi connectivity index (χ2v) is 12.8. The Labute approximate surface area is 262 Å². The number of rotatable bonds is 6. The van der Waals surface area contributed by atoms with Crippen LogP contribution < -0.4 is 0 Å². The number of hydrogen-bond donors (Lipinski definition) is 0. The smallest absolute Gasteiger partial charge is 0.331 e. The van der Waals surface area contributed by atoms with Crippen LogP contribution in [-0.2, 0) is 47.7 Å². The molecular formula is C35H40O10. The molecule has 1 aromatic rings. The maximum atomic E-state index is 14.3. The van der Waals surface area contributed by atoms with Crippen molar-refractivity contribution >= 4 is 41.5 Å². The molecule has 1 fully saturated rings. The van der Waals surface area contributed by atoms with E-state index >= 15 is 0 Å². The van der Waals surface area contributed by atoms with Crippen molar-refractivity contribution in [2.45, 2.75) is 92.1 Å². The first-order valence-corrected chi connectivity index (χ1v) is 15.0. The van der Waals surface area contributed by atoms with Crippen LogP contribution in [-0.4, -0.2) is 59.9 Å². The van der Waals surface area contributed by atoms with E-state index in [1.54, 1.807) is 39.8 Å². The topological polar surface area (TPSA) is 139 Å². The molecule has 0 saturated heterocycles. The van der Waals surface area contributed by atoms with Crippen molar-refractivity contribution in [3.8, 4) is 0 Å². The summed E-state index contributed by atoms with van der Waals surface area (Å²) in [5, 5.41) is 0. The van der Waals surface area contributed by atoms with E-state index in [2.05, 4.69) is 0 Å². The van der Waals surface area contributed by atoms with Crippen molar-refractivity contribution in [2.24, 2.45) is 16.7 Å². The zero-order chi connectivity index (χ0) is 33.3. The standard InChI is InChI=1S/C35H40O10/c1-19-26(42-20(2)36)16-25-28(43-21(3)37)15-24-18-35(7,33(41)32(40)31(19)34(25,5)6)29(44-22(4)38)17-27(24)45-30(39)14-13-23-11-9-8-10-12-23/h8-15,25-29H,16-18H2,1-7H3/t25?,26-,27-,28-,29-,35-/m0/s1. The Hall–Kier alpha value is -4.34. The molecule has 0 aromatic heterocycles. The highest BCUT2D eigenvalue weighted by molar-refractivity contribution is 6.45. The van der Waals surface area contributed by atoms with Crippen LogP contribution >= 0.6 is 0 Å². The SMILES string of the molecule is CC(=O)O[C@H]1CC2[C@@H](OC(C)=O)C=C3C[C@](C)(C(=O)C(=O)C(=C1C)C2(C)C)[C@@H](OC(C)=O)C[C@@H]3OC(=O)C=Cc1ccccc1. The van der Waals surface area contributed by atoms with Crippen LogP contribution in [0.5, 0.6) is 0 Å². The van der Waals surface area contributed by atoms with Crippen molar-refractivity contribution < 1.29 is 47.7 Å². The van der Waals surface area contributed by atoms with Crippen LogP contribution in [0.25, 0.3) is 6.08 Å². The van der Waals surface area contributed by atoms with Crippen molar-refractivity contribution in [1.29, 1.82) is 0 Å². The Bertz CT molecular complexity index is 1500. The van der Waals surface area contributed by atoms with Gasteiger partial charge < -0.3 is 18.9 Å². The molecule has 0 N–H and O–H groups in total. The molecule has 3 aliphatic carbocycles. The lowest BCUT2D eigenvalue weighted by molar-refractivity contribution is -0.168. The molecule has 0 heterocycles. The van der Waals surface area contributed by atoms with Gasteiger partial charge in [-0.3, -0.25) is 24.0 Å². The molecule has 4 bridgehead atoms. The van der Waals surface area contributed by atoms with Crippen molar-refractivity contribution in [3.05, 3.63) is 64.8 Å². The minimum atomic E-state index is -1.54. The molecule has 4 rings (SSSR count). The molecule has 0 radical (unpaired) electrons. The van der Waals surface area contributed by atoms with Gasteiger partial charge in [-0.1, -0.05) is 44.2 Å². The molecule has 45 heavy (non-hydrogen) atoms. The molecule has 10 nitrogen and oxygen atoms in total. The van der Waals surface area contributed by atoms with E-state index in [1.807, 2.05) is 30.3 Å². The Morgan fingerprint density at radius 3 is 2.04 bits per heavy atom. The minimum absolute atomic E-state index is 0.0964. The lowest BCUT2D eigenvalue weighted by atomic mass is 9.57. The van der Waals surface area contributed by atoms with Crippen molar-refractivity contribution in [2.75, 3.05) is 0 Å². The van der Waals surface area contributed by atoms with Gasteiger partial charge in [-0.25, -0.2) is 4.79 Å². The van der Waals surface area contributed by atoms with Gasteiger partial charge in [-0.2, -0.15) is 0 Å². The third-order valence-corrected chi connectivity index (χ3v) is 9.16. The number of carbonyl (C=O) groups is 6. The fourth-order valence-corrected chi connectivity index (χ4v) is 6.98. The largest absolute Gasteiger partial charge is 0.461 e. The lowest BCUT2D eigenvalue weighted by Gasteiger charge is -2.49. The third-order valence-electron chi connectivity index (χ3n) is 9.16. The first-order valence-electron chi connectivity index (χ1n) is 15.0. The van der Waals surface area contributed by atoms with Crippen LogP contribution in [0.4, 0.5) is 0 Å². The number of ether oxygens (including phenoxy) is 4. The van der Waals surface area contributed by atoms with Gasteiger partial charge in [0, 0.05) is 50.2 Å². The summed E-state index contributed by atoms with van der Waals surface area (Å²) in [7, 11) is 0. The number of esters is 4. The van der Waals surface area contributed by atoms with Crippen LogP contribution in [0.1, 0.15) is 73.3 Å². The molecule has 0 amide bonds. The van der Waals surface area contributed by atoms with Crippen LogP contribution in [0, 0.1) is 16.7 Å². The lowest BCUT2D eigenvalue weighted by Crippen LogP contribution is -2.55. The fraction of sp³-hybridized carbons (Fsp3) is 0.486. The normalized spacial score (nSPS) is 29.4. The van der Waals surface area contributed by atoms with Gasteiger partial charge in [0.2, 0.25) is 11.6 Å². The predicted octanol–water partition coefficient (Wildman–Crippen LogP) is 4.65. The van der Waals surface area contributed by atoms with E-state index in [9.17, 15) is 28.8 Å². The maximum Gasteiger partial charge on any atom is 0.331 e. The highest BCUT2D eigenvalue weighted by Gasteiger charge is 2.57. The van der Waals surface area contributed by atoms with Crippen molar-refractivity contribution in [1.82, 2.24) is 0 Å². The van der Waals surface area contributed by atoms with Crippen LogP contribution in [0.3, 0.4) is 0 Å². The van der Waals surface area contributed by atoms with E-state index in [0.717, 1.165) is 5.56 Å². The zero-order valence-electron chi connectivity index (χ0n) is 26.7. The van der Waals surface area contributed by atoms with Crippen LogP contribution in [0.2, 0.25) is 0 Å². The fourth-order valence-electron chi connectivity index (χ4n) is 6.98. The molecule has 6 atom stereocenters. The van der Waals surface area contributed by atoms with Gasteiger partial charge in [0.05, 0.1) is 5.41 Å². The summed E-state index contributed by atoms with van der Waals surface area (Å²) in [5.74, 6) is -4.65. The molecular weight excluding hydrogens is 580 g/mol. The zero-order valence-corrected chi connectivity index (χ0v) is 26.7. The first kappa shape index (κ1) is 33.6. The average molecular weight is 621 g/mol. The quantitative estimate of drug-likeness (QED) is 0.145. The number of allylic oxidation sites excluding steroid dienone is 1. The number of Topliss-reactive ketones (excluding diaryl/α,β-unsaturated/α-hetero) is 2. The highest BCUT2D eigenvalue weighted by Crippen LogP contribution is 2.52. The van der Waals surface area contributed by atoms with Gasteiger partial charge in [0.25, 0.3) is 0 Å². The predicted molar refractivity (Wildman–Crippen MR) is 162 cm³/mol. The number of ketones is 2. The number of hydrogen-bond acceptors (Lipinski definition) is 10. The molecule has 10 heteroatoms. The van der Waals surface area contributed by atoms with Crippen molar-refractivity contribution in [3.63, 3.8) is 0 Å². The molecule has 1 saturated carbocycles. The monoisotopic (exact) mass is 620 g/mol. The number of carbonyl (C=O) groups excluding carboxylic acids is 6. The summed E-state index contributed by atoms with van der Waals surface area (Å²) in [6.07, 6.45) is 0.701. The Morgan fingerprint density at radius 2 is 1.44 bits per heavy atom. The molecule has 3 aliphatic rings. The summed E-state index contributed by atoms with van der Waals surface area (Å²) in [4.78, 5) is 78.4. The van der Waals surface area contributed by atoms with Gasteiger partial charge in [0.1, 0.15) is 24.4 Å². The second-order valence-electron chi connectivity index (χ2n) is 12.8. The summed E-state index contributed by atoms with van der Waals surface area (Å²) in [6.45, 7) is 10.5. The van der Waals surface area contributed by atoms with Gasteiger partial charge in [0.15, 0.2) is 0 Å². The van der Waals surface area contributed by atoms with Gasteiger partial charge in [-0.15, -0.1) is 0 Å². The molecule has 1 aromatic carbocycles. The van der Waals surface area contributed by atoms with Crippen LogP contribution in [0.15, 0.2) is 59.2 Å². The minimum Gasteiger partial charge on any atom is -0.461 e. The summed E-state index contributed by atoms with van der Waals surface area (Å²) >= 11 is 0. The molecule has 240 valence electrons.